The molecule has 0 bridgehead atoms. The number of amides is 1. The Bertz CT molecular complexity index is 766. The van der Waals surface area contributed by atoms with Gasteiger partial charge < -0.3 is 19.5 Å². The number of nitrogens with zero attached hydrogens (tertiary/aromatic N) is 1. The van der Waals surface area contributed by atoms with Gasteiger partial charge in [-0.15, -0.1) is 0 Å². The summed E-state index contributed by atoms with van der Waals surface area (Å²) in [4.78, 5) is 12.4. The fraction of sp³-hybridized carbons (Fsp3) is 0.474. The van der Waals surface area contributed by atoms with Crippen LogP contribution in [0.3, 0.4) is 0 Å². The maximum atomic E-state index is 12.4. The molecule has 1 saturated carbocycles. The van der Waals surface area contributed by atoms with Crippen LogP contribution in [-0.4, -0.2) is 37.4 Å². The lowest BCUT2D eigenvalue weighted by Crippen LogP contribution is -2.15. The Kier molecular flexibility index (Phi) is 5.65. The van der Waals surface area contributed by atoms with Crippen molar-refractivity contribution in [1.29, 1.82) is 0 Å². The number of hydrogen-bond donors (Lipinski definition) is 2. The SMILES string of the molecule is COc1ccc(CC(=O)Nc2cc(C3CCCC3)n[nH]2)c(OC)c1OC. The fourth-order valence-corrected chi connectivity index (χ4v) is 3.50. The summed E-state index contributed by atoms with van der Waals surface area (Å²) in [5.41, 5.74) is 1.75. The predicted octanol–water partition coefficient (Wildman–Crippen LogP) is 3.27. The average Bonchev–Trinajstić information content (AvgIpc) is 3.32. The third-order valence-electron chi connectivity index (χ3n) is 4.78. The van der Waals surface area contributed by atoms with Crippen LogP contribution in [0.5, 0.6) is 17.2 Å². The number of H-pyrrole nitrogens is 1. The van der Waals surface area contributed by atoms with Crippen molar-refractivity contribution in [2.75, 3.05) is 26.6 Å². The molecule has 1 amide bonds. The summed E-state index contributed by atoms with van der Waals surface area (Å²) >= 11 is 0. The maximum Gasteiger partial charge on any atom is 0.230 e. The summed E-state index contributed by atoms with van der Waals surface area (Å²) in [6.07, 6.45) is 4.99. The Hall–Kier alpha value is -2.70. The van der Waals surface area contributed by atoms with E-state index in [1.807, 2.05) is 6.07 Å². The van der Waals surface area contributed by atoms with Crippen molar-refractivity contribution in [3.8, 4) is 17.2 Å². The van der Waals surface area contributed by atoms with Crippen molar-refractivity contribution in [1.82, 2.24) is 10.2 Å². The van der Waals surface area contributed by atoms with E-state index in [9.17, 15) is 4.79 Å². The molecule has 2 N–H and O–H groups in total. The standard InChI is InChI=1S/C19H25N3O4/c1-24-15-9-8-13(18(25-2)19(15)26-3)10-17(23)20-16-11-14(21-22-16)12-6-4-5-7-12/h8-9,11-12H,4-7,10H2,1-3H3,(H2,20,21,22,23). The van der Waals surface area contributed by atoms with Gasteiger partial charge in [0.05, 0.1) is 33.4 Å². The predicted molar refractivity (Wildman–Crippen MR) is 98.2 cm³/mol. The molecule has 0 saturated heterocycles. The Labute approximate surface area is 153 Å². The number of carbonyl (C=O) groups excluding carboxylic acids is 1. The molecule has 2 aromatic rings. The van der Waals surface area contributed by atoms with Gasteiger partial charge in [-0.25, -0.2) is 0 Å². The second-order valence-electron chi connectivity index (χ2n) is 6.41. The number of aromatic nitrogens is 2. The number of benzene rings is 1. The van der Waals surface area contributed by atoms with E-state index >= 15 is 0 Å². The lowest BCUT2D eigenvalue weighted by atomic mass is 10.0. The number of carbonyl (C=O) groups is 1. The molecule has 1 fully saturated rings. The van der Waals surface area contributed by atoms with Crippen molar-refractivity contribution in [3.63, 3.8) is 0 Å². The summed E-state index contributed by atoms with van der Waals surface area (Å²) in [6.45, 7) is 0. The zero-order chi connectivity index (χ0) is 18.5. The van der Waals surface area contributed by atoms with E-state index in [1.165, 1.54) is 25.7 Å². The molecule has 0 atom stereocenters. The number of nitrogens with one attached hydrogen (secondary N) is 2. The Morgan fingerprint density at radius 3 is 2.54 bits per heavy atom. The first-order valence-corrected chi connectivity index (χ1v) is 8.79. The van der Waals surface area contributed by atoms with Crippen LogP contribution in [-0.2, 0) is 11.2 Å². The van der Waals surface area contributed by atoms with E-state index < -0.39 is 0 Å². The van der Waals surface area contributed by atoms with Gasteiger partial charge in [0.2, 0.25) is 11.7 Å². The van der Waals surface area contributed by atoms with E-state index in [0.717, 1.165) is 11.3 Å². The second kappa shape index (κ2) is 8.12. The molecule has 1 heterocycles. The monoisotopic (exact) mass is 359 g/mol. The first-order chi connectivity index (χ1) is 12.7. The summed E-state index contributed by atoms with van der Waals surface area (Å²) in [5, 5.41) is 10.1. The van der Waals surface area contributed by atoms with Crippen LogP contribution < -0.4 is 19.5 Å². The normalized spacial score (nSPS) is 14.3. The number of rotatable bonds is 7. The minimum Gasteiger partial charge on any atom is -0.493 e. The fourth-order valence-electron chi connectivity index (χ4n) is 3.50. The molecule has 3 rings (SSSR count). The summed E-state index contributed by atoms with van der Waals surface area (Å²) in [5.74, 6) is 2.50. The molecule has 7 nitrogen and oxygen atoms in total. The molecule has 1 aromatic heterocycles. The first kappa shape index (κ1) is 18.1. The van der Waals surface area contributed by atoms with Crippen molar-refractivity contribution >= 4 is 11.7 Å². The van der Waals surface area contributed by atoms with Gasteiger partial charge in [-0.1, -0.05) is 18.9 Å². The lowest BCUT2D eigenvalue weighted by molar-refractivity contribution is -0.115. The highest BCUT2D eigenvalue weighted by atomic mass is 16.5. The molecular formula is C19H25N3O4. The van der Waals surface area contributed by atoms with Gasteiger partial charge in [0.15, 0.2) is 11.5 Å². The molecule has 7 heteroatoms. The van der Waals surface area contributed by atoms with Crippen molar-refractivity contribution in [3.05, 3.63) is 29.5 Å². The van der Waals surface area contributed by atoms with Gasteiger partial charge in [0.1, 0.15) is 5.82 Å². The van der Waals surface area contributed by atoms with Gasteiger partial charge in [-0.2, -0.15) is 5.10 Å². The van der Waals surface area contributed by atoms with E-state index in [0.29, 0.717) is 29.0 Å². The van der Waals surface area contributed by atoms with Crippen LogP contribution in [0.4, 0.5) is 5.82 Å². The lowest BCUT2D eigenvalue weighted by Gasteiger charge is -2.15. The molecule has 0 aliphatic heterocycles. The molecule has 1 aliphatic rings. The molecular weight excluding hydrogens is 334 g/mol. The minimum absolute atomic E-state index is 0.154. The molecule has 1 aromatic carbocycles. The van der Waals surface area contributed by atoms with Gasteiger partial charge >= 0.3 is 0 Å². The van der Waals surface area contributed by atoms with Crippen LogP contribution >= 0.6 is 0 Å². The molecule has 0 radical (unpaired) electrons. The van der Waals surface area contributed by atoms with Gasteiger partial charge in [0, 0.05) is 17.5 Å². The smallest absolute Gasteiger partial charge is 0.230 e. The van der Waals surface area contributed by atoms with Crippen molar-refractivity contribution in [2.45, 2.75) is 38.0 Å². The second-order valence-corrected chi connectivity index (χ2v) is 6.41. The summed E-state index contributed by atoms with van der Waals surface area (Å²) < 4.78 is 16.1. The van der Waals surface area contributed by atoms with E-state index in [-0.39, 0.29) is 12.3 Å². The van der Waals surface area contributed by atoms with Crippen LogP contribution in [0.2, 0.25) is 0 Å². The highest BCUT2D eigenvalue weighted by Gasteiger charge is 2.21. The van der Waals surface area contributed by atoms with E-state index in [4.69, 9.17) is 14.2 Å². The largest absolute Gasteiger partial charge is 0.493 e. The highest BCUT2D eigenvalue weighted by Crippen LogP contribution is 2.40. The third-order valence-corrected chi connectivity index (χ3v) is 4.78. The van der Waals surface area contributed by atoms with Gasteiger partial charge in [-0.3, -0.25) is 9.89 Å². The van der Waals surface area contributed by atoms with Crippen LogP contribution in [0.1, 0.15) is 42.9 Å². The highest BCUT2D eigenvalue weighted by molar-refractivity contribution is 5.92. The Morgan fingerprint density at radius 1 is 1.15 bits per heavy atom. The minimum atomic E-state index is -0.155. The number of aromatic amines is 1. The summed E-state index contributed by atoms with van der Waals surface area (Å²) in [6, 6.07) is 5.49. The molecule has 26 heavy (non-hydrogen) atoms. The number of anilines is 1. The van der Waals surface area contributed by atoms with Crippen LogP contribution in [0.25, 0.3) is 0 Å². The van der Waals surface area contributed by atoms with Gasteiger partial charge in [-0.05, 0) is 18.9 Å². The maximum absolute atomic E-state index is 12.4. The topological polar surface area (TPSA) is 85.5 Å². The quantitative estimate of drug-likeness (QED) is 0.792. The molecule has 140 valence electrons. The number of methoxy groups -OCH3 is 3. The molecule has 1 aliphatic carbocycles. The zero-order valence-electron chi connectivity index (χ0n) is 15.4. The Balaban J connectivity index is 1.70. The summed E-state index contributed by atoms with van der Waals surface area (Å²) in [7, 11) is 4.64. The molecule has 0 unspecified atom stereocenters. The van der Waals surface area contributed by atoms with Crippen molar-refractivity contribution < 1.29 is 19.0 Å². The number of hydrogen-bond acceptors (Lipinski definition) is 5. The zero-order valence-corrected chi connectivity index (χ0v) is 15.4. The average molecular weight is 359 g/mol. The van der Waals surface area contributed by atoms with E-state index in [2.05, 4.69) is 15.5 Å². The number of ether oxygens (including phenoxy) is 3. The van der Waals surface area contributed by atoms with Crippen LogP contribution in [0, 0.1) is 0 Å². The first-order valence-electron chi connectivity index (χ1n) is 8.79. The Morgan fingerprint density at radius 2 is 1.88 bits per heavy atom. The third kappa shape index (κ3) is 3.76. The van der Waals surface area contributed by atoms with E-state index in [1.54, 1.807) is 33.5 Å². The van der Waals surface area contributed by atoms with Crippen LogP contribution in [0.15, 0.2) is 18.2 Å². The molecule has 0 spiro atoms. The van der Waals surface area contributed by atoms with Gasteiger partial charge in [0.25, 0.3) is 0 Å². The van der Waals surface area contributed by atoms with Crippen molar-refractivity contribution in [2.24, 2.45) is 0 Å².